The summed E-state index contributed by atoms with van der Waals surface area (Å²) in [5, 5.41) is 13.4. The molecule has 116 valence electrons. The van der Waals surface area contributed by atoms with Gasteiger partial charge < -0.3 is 10.4 Å². The van der Waals surface area contributed by atoms with Gasteiger partial charge in [0.1, 0.15) is 0 Å². The van der Waals surface area contributed by atoms with Crippen LogP contribution in [0.1, 0.15) is 61.2 Å². The molecule has 1 aromatic heterocycles. The minimum atomic E-state index is -1.02. The van der Waals surface area contributed by atoms with E-state index in [9.17, 15) is 9.59 Å². The molecule has 1 amide bonds. The van der Waals surface area contributed by atoms with E-state index in [1.807, 2.05) is 6.92 Å². The standard InChI is InChI=1S/C16H23NO3S/c1-3-4-5-6-7-12(2)17-16(20)15-13(10-11-21-15)8-9-14(18)19/h8-12H,3-7H2,1-2H3,(H,17,20)(H,18,19). The zero-order chi connectivity index (χ0) is 15.7. The number of hydrogen-bond acceptors (Lipinski definition) is 3. The predicted octanol–water partition coefficient (Wildman–Crippen LogP) is 3.93. The summed E-state index contributed by atoms with van der Waals surface area (Å²) in [6.07, 6.45) is 8.23. The Hall–Kier alpha value is -1.62. The van der Waals surface area contributed by atoms with Crippen LogP contribution in [0.25, 0.3) is 6.08 Å². The van der Waals surface area contributed by atoms with Crippen LogP contribution in [0.2, 0.25) is 0 Å². The Labute approximate surface area is 129 Å². The summed E-state index contributed by atoms with van der Waals surface area (Å²) in [4.78, 5) is 23.3. The number of thiophene rings is 1. The molecule has 1 rings (SSSR count). The van der Waals surface area contributed by atoms with Crippen LogP contribution in [0, 0.1) is 0 Å². The SMILES string of the molecule is CCCCCCC(C)NC(=O)c1sccc1C=CC(=O)O. The molecule has 0 saturated heterocycles. The second-order valence-electron chi connectivity index (χ2n) is 5.10. The zero-order valence-corrected chi connectivity index (χ0v) is 13.4. The molecular weight excluding hydrogens is 286 g/mol. The Morgan fingerprint density at radius 1 is 1.38 bits per heavy atom. The van der Waals surface area contributed by atoms with Crippen molar-refractivity contribution in [1.29, 1.82) is 0 Å². The number of unbranched alkanes of at least 4 members (excludes halogenated alkanes) is 3. The largest absolute Gasteiger partial charge is 0.478 e. The van der Waals surface area contributed by atoms with Gasteiger partial charge in [0.25, 0.3) is 5.91 Å². The van der Waals surface area contributed by atoms with E-state index >= 15 is 0 Å². The van der Waals surface area contributed by atoms with E-state index in [-0.39, 0.29) is 11.9 Å². The van der Waals surface area contributed by atoms with Gasteiger partial charge in [-0.3, -0.25) is 4.79 Å². The minimum Gasteiger partial charge on any atom is -0.478 e. The first-order valence-electron chi connectivity index (χ1n) is 7.34. The molecule has 2 N–H and O–H groups in total. The highest BCUT2D eigenvalue weighted by Crippen LogP contribution is 2.18. The third-order valence-electron chi connectivity index (χ3n) is 3.18. The van der Waals surface area contributed by atoms with Crippen molar-refractivity contribution in [2.24, 2.45) is 0 Å². The number of carboxylic acid groups (broad SMARTS) is 1. The molecule has 1 heterocycles. The van der Waals surface area contributed by atoms with Gasteiger partial charge in [-0.15, -0.1) is 11.3 Å². The predicted molar refractivity (Wildman–Crippen MR) is 86.7 cm³/mol. The first-order chi connectivity index (χ1) is 10.0. The van der Waals surface area contributed by atoms with Gasteiger partial charge in [-0.25, -0.2) is 4.79 Å². The van der Waals surface area contributed by atoms with Crippen molar-refractivity contribution >= 4 is 29.3 Å². The van der Waals surface area contributed by atoms with E-state index in [4.69, 9.17) is 5.11 Å². The van der Waals surface area contributed by atoms with E-state index in [0.29, 0.717) is 10.4 Å². The Morgan fingerprint density at radius 3 is 2.81 bits per heavy atom. The van der Waals surface area contributed by atoms with E-state index in [1.165, 1.54) is 36.7 Å². The number of nitrogens with one attached hydrogen (secondary N) is 1. The van der Waals surface area contributed by atoms with Crippen molar-refractivity contribution in [3.8, 4) is 0 Å². The minimum absolute atomic E-state index is 0.127. The maximum absolute atomic E-state index is 12.2. The van der Waals surface area contributed by atoms with Crippen molar-refractivity contribution in [2.75, 3.05) is 0 Å². The summed E-state index contributed by atoms with van der Waals surface area (Å²) in [6.45, 7) is 4.18. The molecule has 21 heavy (non-hydrogen) atoms. The molecule has 0 fully saturated rings. The highest BCUT2D eigenvalue weighted by molar-refractivity contribution is 7.12. The summed E-state index contributed by atoms with van der Waals surface area (Å²) < 4.78 is 0. The van der Waals surface area contributed by atoms with E-state index in [2.05, 4.69) is 12.2 Å². The molecule has 0 bridgehead atoms. The molecule has 1 aromatic rings. The van der Waals surface area contributed by atoms with Crippen molar-refractivity contribution < 1.29 is 14.7 Å². The smallest absolute Gasteiger partial charge is 0.328 e. The molecule has 0 aliphatic heterocycles. The third kappa shape index (κ3) is 6.58. The van der Waals surface area contributed by atoms with Crippen LogP contribution in [0.4, 0.5) is 0 Å². The lowest BCUT2D eigenvalue weighted by atomic mass is 10.1. The Balaban J connectivity index is 2.52. The van der Waals surface area contributed by atoms with Gasteiger partial charge in [0, 0.05) is 12.1 Å². The summed E-state index contributed by atoms with van der Waals surface area (Å²) in [7, 11) is 0. The fourth-order valence-electron chi connectivity index (χ4n) is 2.03. The van der Waals surface area contributed by atoms with Gasteiger partial charge in [-0.2, -0.15) is 0 Å². The second-order valence-corrected chi connectivity index (χ2v) is 6.02. The number of rotatable bonds is 9. The summed E-state index contributed by atoms with van der Waals surface area (Å²) >= 11 is 1.33. The van der Waals surface area contributed by atoms with Crippen LogP contribution in [0.15, 0.2) is 17.5 Å². The molecule has 0 aliphatic carbocycles. The Kier molecular flexibility index (Phi) is 7.75. The number of carbonyl (C=O) groups excluding carboxylic acids is 1. The summed E-state index contributed by atoms with van der Waals surface area (Å²) in [5.41, 5.74) is 0.651. The molecular formula is C16H23NO3S. The van der Waals surface area contributed by atoms with E-state index in [0.717, 1.165) is 18.9 Å². The van der Waals surface area contributed by atoms with Crippen LogP contribution in [0.5, 0.6) is 0 Å². The molecule has 0 aromatic carbocycles. The van der Waals surface area contributed by atoms with Crippen molar-refractivity contribution in [3.05, 3.63) is 28.0 Å². The van der Waals surface area contributed by atoms with Crippen molar-refractivity contribution in [3.63, 3.8) is 0 Å². The molecule has 5 heteroatoms. The lowest BCUT2D eigenvalue weighted by Crippen LogP contribution is -2.32. The van der Waals surface area contributed by atoms with E-state index in [1.54, 1.807) is 11.4 Å². The first kappa shape index (κ1) is 17.4. The van der Waals surface area contributed by atoms with Gasteiger partial charge in [-0.1, -0.05) is 32.6 Å². The summed E-state index contributed by atoms with van der Waals surface area (Å²) in [5.74, 6) is -1.14. The molecule has 0 spiro atoms. The fourth-order valence-corrected chi connectivity index (χ4v) is 2.82. The highest BCUT2D eigenvalue weighted by atomic mass is 32.1. The highest BCUT2D eigenvalue weighted by Gasteiger charge is 2.14. The molecule has 0 aliphatic rings. The number of carboxylic acids is 1. The van der Waals surface area contributed by atoms with Crippen LogP contribution in [-0.2, 0) is 4.79 Å². The third-order valence-corrected chi connectivity index (χ3v) is 4.10. The molecule has 0 saturated carbocycles. The van der Waals surface area contributed by atoms with Gasteiger partial charge in [0.05, 0.1) is 4.88 Å². The molecule has 1 unspecified atom stereocenters. The monoisotopic (exact) mass is 309 g/mol. The lowest BCUT2D eigenvalue weighted by molar-refractivity contribution is -0.131. The maximum atomic E-state index is 12.2. The molecule has 4 nitrogen and oxygen atoms in total. The quantitative estimate of drug-likeness (QED) is 0.536. The van der Waals surface area contributed by atoms with Gasteiger partial charge in [0.15, 0.2) is 0 Å². The Bertz CT molecular complexity index is 493. The summed E-state index contributed by atoms with van der Waals surface area (Å²) in [6, 6.07) is 1.89. The molecule has 1 atom stereocenters. The number of carbonyl (C=O) groups is 2. The number of aliphatic carboxylic acids is 1. The van der Waals surface area contributed by atoms with Gasteiger partial charge >= 0.3 is 5.97 Å². The van der Waals surface area contributed by atoms with Crippen LogP contribution in [0.3, 0.4) is 0 Å². The average Bonchev–Trinajstić information content (AvgIpc) is 2.90. The van der Waals surface area contributed by atoms with Crippen LogP contribution < -0.4 is 5.32 Å². The normalized spacial score (nSPS) is 12.5. The average molecular weight is 309 g/mol. The lowest BCUT2D eigenvalue weighted by Gasteiger charge is -2.13. The van der Waals surface area contributed by atoms with Crippen molar-refractivity contribution in [1.82, 2.24) is 5.32 Å². The van der Waals surface area contributed by atoms with Gasteiger partial charge in [0.2, 0.25) is 0 Å². The Morgan fingerprint density at radius 2 is 2.14 bits per heavy atom. The maximum Gasteiger partial charge on any atom is 0.328 e. The van der Waals surface area contributed by atoms with Crippen LogP contribution in [-0.4, -0.2) is 23.0 Å². The first-order valence-corrected chi connectivity index (χ1v) is 8.22. The van der Waals surface area contributed by atoms with E-state index < -0.39 is 5.97 Å². The zero-order valence-electron chi connectivity index (χ0n) is 12.6. The van der Waals surface area contributed by atoms with Gasteiger partial charge in [-0.05, 0) is 36.4 Å². The second kappa shape index (κ2) is 9.34. The van der Waals surface area contributed by atoms with Crippen LogP contribution >= 0.6 is 11.3 Å². The number of hydrogen-bond donors (Lipinski definition) is 2. The fraction of sp³-hybridized carbons (Fsp3) is 0.500. The van der Waals surface area contributed by atoms with Crippen molar-refractivity contribution in [2.45, 2.75) is 52.0 Å². The molecule has 0 radical (unpaired) electrons. The topological polar surface area (TPSA) is 66.4 Å². The number of amides is 1.